The molecule has 0 heteroatoms. The van der Waals surface area contributed by atoms with Crippen molar-refractivity contribution in [3.05, 3.63) is 48.4 Å². The van der Waals surface area contributed by atoms with E-state index in [-0.39, 0.29) is 0 Å². The number of hydrogen-bond donors (Lipinski definition) is 0. The van der Waals surface area contributed by atoms with Gasteiger partial charge < -0.3 is 0 Å². The summed E-state index contributed by atoms with van der Waals surface area (Å²) >= 11 is 0. The number of benzene rings is 1. The predicted molar refractivity (Wildman–Crippen MR) is 50.2 cm³/mol. The van der Waals surface area contributed by atoms with Gasteiger partial charge in [0.05, 0.1) is 0 Å². The minimum Gasteiger partial charge on any atom is -0.0807 e. The van der Waals surface area contributed by atoms with Crippen LogP contribution in [0.4, 0.5) is 0 Å². The van der Waals surface area contributed by atoms with Crippen molar-refractivity contribution in [2.75, 3.05) is 0 Å². The second kappa shape index (κ2) is 3.38. The van der Waals surface area contributed by atoms with Crippen LogP contribution in [0.3, 0.4) is 0 Å². The van der Waals surface area contributed by atoms with E-state index in [0.29, 0.717) is 0 Å². The van der Waals surface area contributed by atoms with Gasteiger partial charge >= 0.3 is 0 Å². The summed E-state index contributed by atoms with van der Waals surface area (Å²) in [5, 5.41) is 0. The van der Waals surface area contributed by atoms with Crippen molar-refractivity contribution < 1.29 is 0 Å². The topological polar surface area (TPSA) is 0 Å². The molecule has 0 nitrogen and oxygen atoms in total. The molecule has 0 bridgehead atoms. The summed E-state index contributed by atoms with van der Waals surface area (Å²) in [6, 6.07) is 8.46. The highest BCUT2D eigenvalue weighted by Gasteiger charge is 1.91. The standard InChI is InChI=1S/C11H13/c1-4-10(3)11-7-5-9(2)6-8-11/h4-8H,1H2,2-3H3. The van der Waals surface area contributed by atoms with E-state index >= 15 is 0 Å². The van der Waals surface area contributed by atoms with Crippen LogP contribution in [0.15, 0.2) is 30.3 Å². The van der Waals surface area contributed by atoms with Gasteiger partial charge in [0.15, 0.2) is 0 Å². The van der Waals surface area contributed by atoms with Crippen molar-refractivity contribution in [2.45, 2.75) is 13.8 Å². The summed E-state index contributed by atoms with van der Waals surface area (Å²) in [4.78, 5) is 0. The fraction of sp³-hybridized carbons (Fsp3) is 0.182. The summed E-state index contributed by atoms with van der Waals surface area (Å²) in [5.41, 5.74) is 3.78. The first-order valence-corrected chi connectivity index (χ1v) is 3.77. The lowest BCUT2D eigenvalue weighted by Gasteiger charge is -1.99. The normalized spacial score (nSPS) is 11.7. The molecule has 0 aliphatic carbocycles. The van der Waals surface area contributed by atoms with Crippen molar-refractivity contribution in [1.29, 1.82) is 0 Å². The molecule has 11 heavy (non-hydrogen) atoms. The third-order valence-electron chi connectivity index (χ3n) is 1.81. The Labute approximate surface area is 68.6 Å². The van der Waals surface area contributed by atoms with Gasteiger partial charge in [-0.05, 0) is 31.9 Å². The largest absolute Gasteiger partial charge is 0.0807 e. The molecule has 0 aliphatic heterocycles. The quantitative estimate of drug-likeness (QED) is 0.569. The molecule has 0 aliphatic rings. The van der Waals surface area contributed by atoms with Crippen LogP contribution in [-0.4, -0.2) is 0 Å². The maximum atomic E-state index is 3.72. The van der Waals surface area contributed by atoms with Crippen molar-refractivity contribution in [2.24, 2.45) is 0 Å². The summed E-state index contributed by atoms with van der Waals surface area (Å²) in [7, 11) is 0. The summed E-state index contributed by atoms with van der Waals surface area (Å²) in [5.74, 6) is 0. The lowest BCUT2D eigenvalue weighted by molar-refractivity contribution is 1.44. The molecule has 1 aromatic carbocycles. The molecule has 0 atom stereocenters. The Kier molecular flexibility index (Phi) is 2.48. The zero-order valence-corrected chi connectivity index (χ0v) is 7.09. The van der Waals surface area contributed by atoms with Crippen LogP contribution in [0.25, 0.3) is 5.57 Å². The Hall–Kier alpha value is -1.04. The predicted octanol–water partition coefficient (Wildman–Crippen LogP) is 3.23. The van der Waals surface area contributed by atoms with Crippen molar-refractivity contribution in [3.63, 3.8) is 0 Å². The molecule has 0 saturated carbocycles. The van der Waals surface area contributed by atoms with Gasteiger partial charge in [0.1, 0.15) is 0 Å². The molecule has 0 saturated heterocycles. The summed E-state index contributed by atoms with van der Waals surface area (Å²) < 4.78 is 0. The first-order valence-electron chi connectivity index (χ1n) is 3.77. The van der Waals surface area contributed by atoms with Crippen LogP contribution < -0.4 is 0 Å². The molecule has 1 radical (unpaired) electrons. The Bertz CT molecular complexity index is 252. The zero-order chi connectivity index (χ0) is 8.27. The minimum atomic E-state index is 1.23. The van der Waals surface area contributed by atoms with E-state index in [1.165, 1.54) is 16.7 Å². The zero-order valence-electron chi connectivity index (χ0n) is 7.09. The molecule has 0 aromatic heterocycles. The minimum absolute atomic E-state index is 1.23. The van der Waals surface area contributed by atoms with E-state index in [1.807, 2.05) is 6.08 Å². The smallest absolute Gasteiger partial charge is 0.0230 e. The van der Waals surface area contributed by atoms with Gasteiger partial charge in [0.25, 0.3) is 0 Å². The van der Waals surface area contributed by atoms with Gasteiger partial charge in [-0.3, -0.25) is 0 Å². The molecule has 0 N–H and O–H groups in total. The fourth-order valence-corrected chi connectivity index (χ4v) is 0.934. The lowest BCUT2D eigenvalue weighted by atomic mass is 10.1. The van der Waals surface area contributed by atoms with Crippen LogP contribution >= 0.6 is 0 Å². The van der Waals surface area contributed by atoms with Crippen LogP contribution in [0, 0.1) is 13.8 Å². The van der Waals surface area contributed by atoms with E-state index < -0.39 is 0 Å². The summed E-state index contributed by atoms with van der Waals surface area (Å²) in [6.07, 6.45) is 1.88. The highest BCUT2D eigenvalue weighted by Crippen LogP contribution is 2.13. The third kappa shape index (κ3) is 1.94. The Balaban J connectivity index is 2.99. The molecule has 0 fully saturated rings. The van der Waals surface area contributed by atoms with E-state index in [1.54, 1.807) is 0 Å². The van der Waals surface area contributed by atoms with Gasteiger partial charge in [-0.2, -0.15) is 0 Å². The van der Waals surface area contributed by atoms with E-state index in [9.17, 15) is 0 Å². The van der Waals surface area contributed by atoms with Gasteiger partial charge in [-0.15, -0.1) is 0 Å². The molecular weight excluding hydrogens is 132 g/mol. The number of rotatable bonds is 1. The number of aryl methyl sites for hydroxylation is 1. The highest BCUT2D eigenvalue weighted by atomic mass is 14.0. The van der Waals surface area contributed by atoms with Crippen molar-refractivity contribution in [3.8, 4) is 0 Å². The van der Waals surface area contributed by atoms with Crippen molar-refractivity contribution >= 4 is 5.57 Å². The van der Waals surface area contributed by atoms with Crippen molar-refractivity contribution in [1.82, 2.24) is 0 Å². The van der Waals surface area contributed by atoms with Gasteiger partial charge in [0, 0.05) is 0 Å². The van der Waals surface area contributed by atoms with E-state index in [2.05, 4.69) is 45.0 Å². The molecule has 0 heterocycles. The molecule has 57 valence electrons. The lowest BCUT2D eigenvalue weighted by Crippen LogP contribution is -1.78. The van der Waals surface area contributed by atoms with Crippen LogP contribution in [0.1, 0.15) is 18.1 Å². The first-order chi connectivity index (χ1) is 5.24. The number of hydrogen-bond acceptors (Lipinski definition) is 0. The molecule has 1 aromatic rings. The fourth-order valence-electron chi connectivity index (χ4n) is 0.934. The summed E-state index contributed by atoms with van der Waals surface area (Å²) in [6.45, 7) is 7.88. The van der Waals surface area contributed by atoms with Gasteiger partial charge in [0.2, 0.25) is 0 Å². The Morgan fingerprint density at radius 3 is 2.27 bits per heavy atom. The molecular formula is C11H13. The van der Waals surface area contributed by atoms with E-state index in [0.717, 1.165) is 0 Å². The monoisotopic (exact) mass is 145 g/mol. The second-order valence-electron chi connectivity index (χ2n) is 2.75. The Morgan fingerprint density at radius 2 is 1.82 bits per heavy atom. The molecule has 0 amide bonds. The SMILES string of the molecule is [CH2]C=C(C)c1ccc(C)cc1. The van der Waals surface area contributed by atoms with Gasteiger partial charge in [-0.25, -0.2) is 0 Å². The third-order valence-corrected chi connectivity index (χ3v) is 1.81. The average molecular weight is 145 g/mol. The van der Waals surface area contributed by atoms with Crippen LogP contribution in [-0.2, 0) is 0 Å². The van der Waals surface area contributed by atoms with Gasteiger partial charge in [-0.1, -0.05) is 35.9 Å². The highest BCUT2D eigenvalue weighted by molar-refractivity contribution is 5.64. The molecule has 1 rings (SSSR count). The van der Waals surface area contributed by atoms with Crippen LogP contribution in [0.2, 0.25) is 0 Å². The maximum Gasteiger partial charge on any atom is -0.0230 e. The first kappa shape index (κ1) is 8.06. The van der Waals surface area contributed by atoms with E-state index in [4.69, 9.17) is 0 Å². The van der Waals surface area contributed by atoms with Crippen LogP contribution in [0.5, 0.6) is 0 Å². The number of allylic oxidation sites excluding steroid dienone is 2. The maximum absolute atomic E-state index is 3.72. The Morgan fingerprint density at radius 1 is 1.27 bits per heavy atom. The average Bonchev–Trinajstić information content (AvgIpc) is 2.05. The second-order valence-corrected chi connectivity index (χ2v) is 2.75. The molecule has 0 unspecified atom stereocenters. The molecule has 0 spiro atoms.